The molecule has 3 aromatic rings. The van der Waals surface area contributed by atoms with E-state index in [4.69, 9.17) is 9.47 Å². The third-order valence-corrected chi connectivity index (χ3v) is 8.97. The van der Waals surface area contributed by atoms with Gasteiger partial charge >= 0.3 is 0 Å². The summed E-state index contributed by atoms with van der Waals surface area (Å²) in [6.45, 7) is 1.27. The second kappa shape index (κ2) is 12.9. The SMILES string of the molecule is COc1ccc(S(=O)(=O)N(CCc2ccccc2)CC(=O)N2CCC(Cc3ccccc3)CC2)cc1OC. The average Bonchev–Trinajstić information content (AvgIpc) is 2.96. The number of piperidine rings is 1. The Labute approximate surface area is 226 Å². The van der Waals surface area contributed by atoms with E-state index < -0.39 is 10.0 Å². The fourth-order valence-electron chi connectivity index (χ4n) is 4.89. The first-order chi connectivity index (χ1) is 18.4. The van der Waals surface area contributed by atoms with Crippen LogP contribution in [-0.4, -0.2) is 63.9 Å². The van der Waals surface area contributed by atoms with Crippen molar-refractivity contribution in [2.45, 2.75) is 30.6 Å². The number of nitrogens with zero attached hydrogens (tertiary/aromatic N) is 2. The number of hydrogen-bond acceptors (Lipinski definition) is 5. The molecule has 0 spiro atoms. The van der Waals surface area contributed by atoms with Crippen molar-refractivity contribution in [3.63, 3.8) is 0 Å². The van der Waals surface area contributed by atoms with Crippen LogP contribution in [0.15, 0.2) is 83.8 Å². The van der Waals surface area contributed by atoms with Crippen LogP contribution < -0.4 is 9.47 Å². The number of benzene rings is 3. The van der Waals surface area contributed by atoms with Crippen LogP contribution in [0.2, 0.25) is 0 Å². The molecule has 0 radical (unpaired) electrons. The normalized spacial score (nSPS) is 14.4. The van der Waals surface area contributed by atoms with Gasteiger partial charge in [-0.15, -0.1) is 0 Å². The highest BCUT2D eigenvalue weighted by atomic mass is 32.2. The molecule has 0 unspecified atom stereocenters. The highest BCUT2D eigenvalue weighted by molar-refractivity contribution is 7.89. The summed E-state index contributed by atoms with van der Waals surface area (Å²) in [6, 6.07) is 24.6. The topological polar surface area (TPSA) is 76.2 Å². The Hall–Kier alpha value is -3.36. The average molecular weight is 537 g/mol. The molecule has 0 bridgehead atoms. The summed E-state index contributed by atoms with van der Waals surface area (Å²) in [5, 5.41) is 0. The molecule has 4 rings (SSSR count). The molecular formula is C30H36N2O5S. The molecular weight excluding hydrogens is 500 g/mol. The standard InChI is InChI=1S/C30H36N2O5S/c1-36-28-14-13-27(22-29(28)37-2)38(34,35)32(20-17-24-9-5-3-6-10-24)23-30(33)31-18-15-26(16-19-31)21-25-11-7-4-8-12-25/h3-14,22,26H,15-21,23H2,1-2H3. The van der Waals surface area contributed by atoms with Crippen molar-refractivity contribution in [2.24, 2.45) is 5.92 Å². The number of hydrogen-bond donors (Lipinski definition) is 0. The van der Waals surface area contributed by atoms with Gasteiger partial charge in [-0.25, -0.2) is 8.42 Å². The highest BCUT2D eigenvalue weighted by Crippen LogP contribution is 2.31. The van der Waals surface area contributed by atoms with E-state index in [0.717, 1.165) is 24.8 Å². The van der Waals surface area contributed by atoms with Gasteiger partial charge in [0.15, 0.2) is 11.5 Å². The molecule has 202 valence electrons. The van der Waals surface area contributed by atoms with Crippen LogP contribution in [0.5, 0.6) is 11.5 Å². The van der Waals surface area contributed by atoms with Crippen molar-refractivity contribution < 1.29 is 22.7 Å². The second-order valence-corrected chi connectivity index (χ2v) is 11.5. The van der Waals surface area contributed by atoms with Crippen molar-refractivity contribution in [3.8, 4) is 11.5 Å². The first-order valence-electron chi connectivity index (χ1n) is 13.0. The van der Waals surface area contributed by atoms with Gasteiger partial charge in [0.2, 0.25) is 15.9 Å². The number of ether oxygens (including phenoxy) is 2. The highest BCUT2D eigenvalue weighted by Gasteiger charge is 2.31. The third kappa shape index (κ3) is 6.94. The van der Waals surface area contributed by atoms with Gasteiger partial charge in [0.25, 0.3) is 0 Å². The van der Waals surface area contributed by atoms with Gasteiger partial charge in [-0.1, -0.05) is 60.7 Å². The summed E-state index contributed by atoms with van der Waals surface area (Å²) in [7, 11) is -0.999. The molecule has 1 aliphatic heterocycles. The summed E-state index contributed by atoms with van der Waals surface area (Å²) in [6.07, 6.45) is 3.32. The summed E-state index contributed by atoms with van der Waals surface area (Å²) in [5.74, 6) is 1.12. The van der Waals surface area contributed by atoms with Crippen LogP contribution in [-0.2, 0) is 27.7 Å². The Bertz CT molecular complexity index is 1290. The van der Waals surface area contributed by atoms with E-state index in [1.807, 2.05) is 36.4 Å². The van der Waals surface area contributed by atoms with Crippen molar-refractivity contribution in [3.05, 3.63) is 90.0 Å². The van der Waals surface area contributed by atoms with Crippen molar-refractivity contribution >= 4 is 15.9 Å². The molecule has 1 saturated heterocycles. The minimum Gasteiger partial charge on any atom is -0.493 e. The summed E-state index contributed by atoms with van der Waals surface area (Å²) in [4.78, 5) is 15.2. The van der Waals surface area contributed by atoms with Crippen LogP contribution in [0, 0.1) is 5.92 Å². The minimum absolute atomic E-state index is 0.0672. The van der Waals surface area contributed by atoms with Crippen molar-refractivity contribution in [1.29, 1.82) is 0 Å². The fraction of sp³-hybridized carbons (Fsp3) is 0.367. The molecule has 1 aliphatic rings. The Balaban J connectivity index is 1.47. The number of rotatable bonds is 11. The Morgan fingerprint density at radius 1 is 0.868 bits per heavy atom. The van der Waals surface area contributed by atoms with Gasteiger partial charge < -0.3 is 14.4 Å². The molecule has 0 aliphatic carbocycles. The van der Waals surface area contributed by atoms with Gasteiger partial charge in [-0.3, -0.25) is 4.79 Å². The molecule has 7 nitrogen and oxygen atoms in total. The van der Waals surface area contributed by atoms with Crippen LogP contribution >= 0.6 is 0 Å². The van der Waals surface area contributed by atoms with Crippen LogP contribution in [0.3, 0.4) is 0 Å². The van der Waals surface area contributed by atoms with E-state index in [1.54, 1.807) is 11.0 Å². The Morgan fingerprint density at radius 2 is 1.47 bits per heavy atom. The van der Waals surface area contributed by atoms with Crippen LogP contribution in [0.1, 0.15) is 24.0 Å². The third-order valence-electron chi connectivity index (χ3n) is 7.13. The van der Waals surface area contributed by atoms with E-state index in [1.165, 1.54) is 36.2 Å². The summed E-state index contributed by atoms with van der Waals surface area (Å²) >= 11 is 0. The number of carbonyl (C=O) groups excluding carboxylic acids is 1. The Kier molecular flexibility index (Phi) is 9.42. The zero-order valence-corrected chi connectivity index (χ0v) is 22.9. The number of amides is 1. The van der Waals surface area contributed by atoms with E-state index in [-0.39, 0.29) is 23.9 Å². The lowest BCUT2D eigenvalue weighted by Gasteiger charge is -2.33. The predicted octanol–water partition coefficient (Wildman–Crippen LogP) is 4.42. The maximum atomic E-state index is 13.8. The maximum absolute atomic E-state index is 13.8. The van der Waals surface area contributed by atoms with E-state index >= 15 is 0 Å². The maximum Gasteiger partial charge on any atom is 0.243 e. The lowest BCUT2D eigenvalue weighted by Crippen LogP contribution is -2.46. The molecule has 3 aromatic carbocycles. The predicted molar refractivity (Wildman–Crippen MR) is 148 cm³/mol. The molecule has 8 heteroatoms. The van der Waals surface area contributed by atoms with Gasteiger partial charge in [0.05, 0.1) is 25.7 Å². The van der Waals surface area contributed by atoms with Gasteiger partial charge in [-0.2, -0.15) is 4.31 Å². The van der Waals surface area contributed by atoms with Crippen LogP contribution in [0.4, 0.5) is 0 Å². The summed E-state index contributed by atoms with van der Waals surface area (Å²) in [5.41, 5.74) is 2.32. The van der Waals surface area contributed by atoms with E-state index in [9.17, 15) is 13.2 Å². The summed E-state index contributed by atoms with van der Waals surface area (Å²) < 4.78 is 39.4. The van der Waals surface area contributed by atoms with E-state index in [0.29, 0.717) is 36.9 Å². The molecule has 0 N–H and O–H groups in total. The lowest BCUT2D eigenvalue weighted by molar-refractivity contribution is -0.132. The molecule has 0 saturated carbocycles. The van der Waals surface area contributed by atoms with Crippen LogP contribution in [0.25, 0.3) is 0 Å². The minimum atomic E-state index is -3.96. The van der Waals surface area contributed by atoms with Gasteiger partial charge in [0, 0.05) is 25.7 Å². The largest absolute Gasteiger partial charge is 0.493 e. The molecule has 1 heterocycles. The quantitative estimate of drug-likeness (QED) is 0.363. The molecule has 0 atom stereocenters. The van der Waals surface area contributed by atoms with Crippen molar-refractivity contribution in [2.75, 3.05) is 40.4 Å². The Morgan fingerprint density at radius 3 is 2.08 bits per heavy atom. The monoisotopic (exact) mass is 536 g/mol. The number of methoxy groups -OCH3 is 2. The smallest absolute Gasteiger partial charge is 0.243 e. The second-order valence-electron chi connectivity index (χ2n) is 9.60. The zero-order valence-electron chi connectivity index (χ0n) is 22.1. The first-order valence-corrected chi connectivity index (χ1v) is 14.4. The number of carbonyl (C=O) groups is 1. The molecule has 1 fully saturated rings. The lowest BCUT2D eigenvalue weighted by atomic mass is 9.90. The number of likely N-dealkylation sites (tertiary alicyclic amines) is 1. The zero-order chi connectivity index (χ0) is 27.0. The molecule has 1 amide bonds. The molecule has 0 aromatic heterocycles. The van der Waals surface area contributed by atoms with E-state index in [2.05, 4.69) is 24.3 Å². The molecule has 38 heavy (non-hydrogen) atoms. The number of sulfonamides is 1. The van der Waals surface area contributed by atoms with Gasteiger partial charge in [-0.05, 0) is 54.9 Å². The van der Waals surface area contributed by atoms with Gasteiger partial charge in [0.1, 0.15) is 0 Å². The van der Waals surface area contributed by atoms with Crippen molar-refractivity contribution in [1.82, 2.24) is 9.21 Å². The fourth-order valence-corrected chi connectivity index (χ4v) is 6.30. The first kappa shape index (κ1) is 27.7.